The molecule has 0 spiro atoms. The van der Waals surface area contributed by atoms with Crippen LogP contribution in [0.5, 0.6) is 0 Å². The molecule has 0 radical (unpaired) electrons. The number of carbonyl (C=O) groups is 2. The zero-order valence-corrected chi connectivity index (χ0v) is 11.4. The molecule has 0 amide bonds. The van der Waals surface area contributed by atoms with Crippen molar-refractivity contribution in [3.8, 4) is 0 Å². The third-order valence-electron chi connectivity index (χ3n) is 1.61. The summed E-state index contributed by atoms with van der Waals surface area (Å²) in [5.41, 5.74) is 1.13. The number of hydrogen-bond acceptors (Lipinski definition) is 2. The number of rotatable bonds is 4. The number of allylic oxidation sites excluding steroid dienone is 4. The molecule has 0 unspecified atom stereocenters. The van der Waals surface area contributed by atoms with Crippen LogP contribution in [0.2, 0.25) is 0 Å². The third-order valence-corrected chi connectivity index (χ3v) is 1.84. The first-order valence-electron chi connectivity index (χ1n) is 4.89. The summed E-state index contributed by atoms with van der Waals surface area (Å²) in [6, 6.07) is 0. The summed E-state index contributed by atoms with van der Waals surface area (Å²) in [6.45, 7) is 7.55. The highest BCUT2D eigenvalue weighted by molar-refractivity contribution is 9.11. The van der Waals surface area contributed by atoms with E-state index in [1.165, 1.54) is 0 Å². The van der Waals surface area contributed by atoms with Crippen LogP contribution in [0.15, 0.2) is 22.2 Å². The standard InChI is InChI=1S/C6H9BrO.C6H10O/c1-3-6(8)4-5(2)7;1-3-6(2)4-5-7/h4H,3H2,1-2H3;3,5H,4H2,1-2H3/b5-4-;6-3+. The number of halogens is 1. The van der Waals surface area contributed by atoms with Crippen molar-refractivity contribution in [2.75, 3.05) is 0 Å². The maximum absolute atomic E-state index is 10.5. The zero-order chi connectivity index (χ0) is 12.3. The third kappa shape index (κ3) is 16.0. The molecule has 0 aliphatic carbocycles. The summed E-state index contributed by atoms with van der Waals surface area (Å²) < 4.78 is 0.893. The van der Waals surface area contributed by atoms with E-state index < -0.39 is 0 Å². The Labute approximate surface area is 101 Å². The molecule has 0 aromatic carbocycles. The van der Waals surface area contributed by atoms with Gasteiger partial charge in [0.2, 0.25) is 0 Å². The lowest BCUT2D eigenvalue weighted by atomic mass is 10.2. The van der Waals surface area contributed by atoms with Crippen LogP contribution in [-0.2, 0) is 9.59 Å². The van der Waals surface area contributed by atoms with Gasteiger partial charge in [-0.25, -0.2) is 0 Å². The van der Waals surface area contributed by atoms with Crippen LogP contribution < -0.4 is 0 Å². The van der Waals surface area contributed by atoms with Crippen molar-refractivity contribution in [1.82, 2.24) is 0 Å². The van der Waals surface area contributed by atoms with Gasteiger partial charge in [-0.2, -0.15) is 0 Å². The fourth-order valence-electron chi connectivity index (χ4n) is 0.573. The van der Waals surface area contributed by atoms with Crippen LogP contribution in [0.25, 0.3) is 0 Å². The van der Waals surface area contributed by atoms with Gasteiger partial charge in [0, 0.05) is 12.8 Å². The van der Waals surface area contributed by atoms with Gasteiger partial charge in [0.25, 0.3) is 0 Å². The van der Waals surface area contributed by atoms with E-state index in [0.29, 0.717) is 12.8 Å². The number of carbonyl (C=O) groups excluding carboxylic acids is 2. The van der Waals surface area contributed by atoms with Crippen molar-refractivity contribution in [2.24, 2.45) is 0 Å². The van der Waals surface area contributed by atoms with E-state index in [-0.39, 0.29) is 5.78 Å². The predicted molar refractivity (Wildman–Crippen MR) is 68.1 cm³/mol. The summed E-state index contributed by atoms with van der Waals surface area (Å²) in [5, 5.41) is 0. The maximum Gasteiger partial charge on any atom is 0.156 e. The largest absolute Gasteiger partial charge is 0.303 e. The van der Waals surface area contributed by atoms with Gasteiger partial charge in [0.15, 0.2) is 5.78 Å². The van der Waals surface area contributed by atoms with Crippen LogP contribution in [0.3, 0.4) is 0 Å². The van der Waals surface area contributed by atoms with Gasteiger partial charge in [-0.05, 0) is 31.3 Å². The van der Waals surface area contributed by atoms with E-state index in [1.807, 2.05) is 33.8 Å². The molecule has 0 aliphatic heterocycles. The summed E-state index contributed by atoms with van der Waals surface area (Å²) >= 11 is 3.16. The van der Waals surface area contributed by atoms with Gasteiger partial charge in [0.1, 0.15) is 6.29 Å². The Morgan fingerprint density at radius 1 is 1.33 bits per heavy atom. The number of hydrogen-bond donors (Lipinski definition) is 0. The van der Waals surface area contributed by atoms with E-state index in [4.69, 9.17) is 0 Å². The minimum atomic E-state index is 0.166. The van der Waals surface area contributed by atoms with Crippen LogP contribution in [0.4, 0.5) is 0 Å². The molecule has 0 heterocycles. The highest BCUT2D eigenvalue weighted by atomic mass is 79.9. The molecule has 2 nitrogen and oxygen atoms in total. The summed E-state index contributed by atoms with van der Waals surface area (Å²) in [7, 11) is 0. The second-order valence-corrected chi connectivity index (χ2v) is 4.31. The number of ketones is 1. The van der Waals surface area contributed by atoms with Crippen LogP contribution in [0.1, 0.15) is 40.5 Å². The molecule has 86 valence electrons. The zero-order valence-electron chi connectivity index (χ0n) is 9.84. The minimum Gasteiger partial charge on any atom is -0.303 e. The quantitative estimate of drug-likeness (QED) is 0.444. The maximum atomic E-state index is 10.5. The van der Waals surface area contributed by atoms with Crippen LogP contribution in [-0.4, -0.2) is 12.1 Å². The average molecular weight is 275 g/mol. The molecular weight excluding hydrogens is 256 g/mol. The summed E-state index contributed by atoms with van der Waals surface area (Å²) in [6.07, 6.45) is 5.60. The first kappa shape index (κ1) is 16.7. The lowest BCUT2D eigenvalue weighted by Crippen LogP contribution is -1.86. The molecule has 15 heavy (non-hydrogen) atoms. The highest BCUT2D eigenvalue weighted by Gasteiger charge is 1.89. The Kier molecular flexibility index (Phi) is 12.7. The number of aldehydes is 1. The van der Waals surface area contributed by atoms with Crippen molar-refractivity contribution in [3.05, 3.63) is 22.2 Å². The Balaban J connectivity index is 0. The molecule has 3 heteroatoms. The second-order valence-electron chi connectivity index (χ2n) is 3.06. The van der Waals surface area contributed by atoms with Crippen molar-refractivity contribution >= 4 is 28.0 Å². The van der Waals surface area contributed by atoms with Gasteiger partial charge in [-0.15, -0.1) is 0 Å². The van der Waals surface area contributed by atoms with E-state index >= 15 is 0 Å². The normalized spacial score (nSPS) is 11.5. The first-order valence-corrected chi connectivity index (χ1v) is 5.69. The van der Waals surface area contributed by atoms with Crippen LogP contribution >= 0.6 is 15.9 Å². The second kappa shape index (κ2) is 11.4. The fraction of sp³-hybridized carbons (Fsp3) is 0.500. The smallest absolute Gasteiger partial charge is 0.156 e. The molecule has 0 atom stereocenters. The minimum absolute atomic E-state index is 0.166. The Morgan fingerprint density at radius 2 is 1.87 bits per heavy atom. The molecule has 0 aliphatic rings. The molecule has 0 aromatic rings. The fourth-order valence-corrected chi connectivity index (χ4v) is 0.829. The van der Waals surface area contributed by atoms with Crippen LogP contribution in [0, 0.1) is 0 Å². The summed E-state index contributed by atoms with van der Waals surface area (Å²) in [5.74, 6) is 0.166. The Hall–Kier alpha value is -0.700. The molecule has 0 rings (SSSR count). The molecule has 0 aromatic heterocycles. The Morgan fingerprint density at radius 3 is 2.00 bits per heavy atom. The SMILES string of the molecule is C/C=C(\C)CC=O.CCC(=O)/C=C(/C)Br. The predicted octanol–water partition coefficient (Wildman–Crippen LogP) is 3.81. The topological polar surface area (TPSA) is 34.1 Å². The average Bonchev–Trinajstić information content (AvgIpc) is 2.18. The van der Waals surface area contributed by atoms with E-state index in [9.17, 15) is 9.59 Å². The molecule has 0 bridgehead atoms. The van der Waals surface area contributed by atoms with Gasteiger partial charge < -0.3 is 4.79 Å². The van der Waals surface area contributed by atoms with Gasteiger partial charge in [0.05, 0.1) is 0 Å². The van der Waals surface area contributed by atoms with Gasteiger partial charge in [-0.1, -0.05) is 34.5 Å². The van der Waals surface area contributed by atoms with Crippen molar-refractivity contribution in [1.29, 1.82) is 0 Å². The van der Waals surface area contributed by atoms with Gasteiger partial charge >= 0.3 is 0 Å². The van der Waals surface area contributed by atoms with E-state index in [0.717, 1.165) is 16.3 Å². The molecule has 0 fully saturated rings. The lowest BCUT2D eigenvalue weighted by Gasteiger charge is -1.84. The lowest BCUT2D eigenvalue weighted by molar-refractivity contribution is -0.114. The Bertz CT molecular complexity index is 248. The van der Waals surface area contributed by atoms with Crippen molar-refractivity contribution in [2.45, 2.75) is 40.5 Å². The van der Waals surface area contributed by atoms with E-state index in [2.05, 4.69) is 15.9 Å². The molecule has 0 saturated heterocycles. The first-order chi connectivity index (χ1) is 6.97. The molecular formula is C12H19BrO2. The molecule has 0 saturated carbocycles. The van der Waals surface area contributed by atoms with E-state index in [1.54, 1.807) is 6.08 Å². The van der Waals surface area contributed by atoms with Crippen molar-refractivity contribution < 1.29 is 9.59 Å². The summed E-state index contributed by atoms with van der Waals surface area (Å²) in [4.78, 5) is 20.2. The van der Waals surface area contributed by atoms with Gasteiger partial charge in [-0.3, -0.25) is 4.79 Å². The highest BCUT2D eigenvalue weighted by Crippen LogP contribution is 2.01. The molecule has 0 N–H and O–H groups in total. The van der Waals surface area contributed by atoms with Crippen molar-refractivity contribution in [3.63, 3.8) is 0 Å². The monoisotopic (exact) mass is 274 g/mol.